The van der Waals surface area contributed by atoms with Crippen LogP contribution in [0.3, 0.4) is 0 Å². The van der Waals surface area contributed by atoms with Gasteiger partial charge >= 0.3 is 0 Å². The summed E-state index contributed by atoms with van der Waals surface area (Å²) in [7, 11) is 2.57. The molecule has 0 bridgehead atoms. The van der Waals surface area contributed by atoms with Gasteiger partial charge in [0.2, 0.25) is 5.95 Å². The highest BCUT2D eigenvalue weighted by molar-refractivity contribution is 5.91. The van der Waals surface area contributed by atoms with Gasteiger partial charge in [0.1, 0.15) is 5.52 Å². The SMILES string of the molecule is CCNc1nc(-c2c(F)c(OC)cc(OC)c2F)cc2cnc(N)nc12. The minimum absolute atomic E-state index is 0.0500. The first-order valence-electron chi connectivity index (χ1n) is 7.77. The molecule has 1 aromatic carbocycles. The van der Waals surface area contributed by atoms with Crippen LogP contribution in [-0.4, -0.2) is 35.7 Å². The zero-order valence-corrected chi connectivity index (χ0v) is 14.4. The van der Waals surface area contributed by atoms with E-state index in [-0.39, 0.29) is 28.7 Å². The van der Waals surface area contributed by atoms with Crippen LogP contribution in [0.25, 0.3) is 22.2 Å². The molecule has 3 N–H and O–H groups in total. The molecule has 2 heterocycles. The first kappa shape index (κ1) is 17.6. The Morgan fingerprint density at radius 3 is 2.31 bits per heavy atom. The lowest BCUT2D eigenvalue weighted by Gasteiger charge is -2.14. The number of fused-ring (bicyclic) bond motifs is 1. The highest BCUT2D eigenvalue weighted by atomic mass is 19.1. The van der Waals surface area contributed by atoms with Gasteiger partial charge in [-0.25, -0.2) is 23.7 Å². The molecule has 0 saturated carbocycles. The average molecular weight is 361 g/mol. The fourth-order valence-corrected chi connectivity index (χ4v) is 2.58. The van der Waals surface area contributed by atoms with E-state index in [9.17, 15) is 8.78 Å². The predicted octanol–water partition coefficient (Wildman–Crippen LogP) is 3.00. The van der Waals surface area contributed by atoms with Gasteiger partial charge in [-0.15, -0.1) is 0 Å². The van der Waals surface area contributed by atoms with E-state index in [1.54, 1.807) is 0 Å². The summed E-state index contributed by atoms with van der Waals surface area (Å²) in [6, 6.07) is 2.63. The number of halogens is 2. The van der Waals surface area contributed by atoms with Crippen LogP contribution in [0.15, 0.2) is 18.3 Å². The van der Waals surface area contributed by atoms with Crippen LogP contribution >= 0.6 is 0 Å². The first-order valence-corrected chi connectivity index (χ1v) is 7.77. The maximum absolute atomic E-state index is 14.8. The highest BCUT2D eigenvalue weighted by Gasteiger charge is 2.23. The number of rotatable bonds is 5. The number of nitrogens with two attached hydrogens (primary N) is 1. The number of methoxy groups -OCH3 is 2. The van der Waals surface area contributed by atoms with Crippen LogP contribution in [0.5, 0.6) is 11.5 Å². The van der Waals surface area contributed by atoms with Crippen molar-refractivity contribution in [1.29, 1.82) is 0 Å². The first-order chi connectivity index (χ1) is 12.5. The normalized spacial score (nSPS) is 10.8. The minimum Gasteiger partial charge on any atom is -0.494 e. The molecule has 0 fully saturated rings. The Labute approximate surface area is 148 Å². The molecule has 26 heavy (non-hydrogen) atoms. The summed E-state index contributed by atoms with van der Waals surface area (Å²) >= 11 is 0. The fraction of sp³-hybridized carbons (Fsp3) is 0.235. The van der Waals surface area contributed by atoms with E-state index in [0.717, 1.165) is 6.07 Å². The number of pyridine rings is 1. The fourth-order valence-electron chi connectivity index (χ4n) is 2.58. The zero-order valence-electron chi connectivity index (χ0n) is 14.4. The van der Waals surface area contributed by atoms with E-state index in [1.165, 1.54) is 26.5 Å². The van der Waals surface area contributed by atoms with Crippen LogP contribution in [0.1, 0.15) is 6.92 Å². The monoisotopic (exact) mass is 361 g/mol. The number of benzene rings is 1. The smallest absolute Gasteiger partial charge is 0.220 e. The van der Waals surface area contributed by atoms with Crippen molar-refractivity contribution in [3.63, 3.8) is 0 Å². The Morgan fingerprint density at radius 2 is 1.73 bits per heavy atom. The second-order valence-electron chi connectivity index (χ2n) is 5.34. The Balaban J connectivity index is 2.34. The molecule has 0 saturated heterocycles. The number of hydrogen-bond donors (Lipinski definition) is 2. The van der Waals surface area contributed by atoms with Crippen molar-refractivity contribution in [3.05, 3.63) is 30.0 Å². The molecule has 0 radical (unpaired) electrons. The van der Waals surface area contributed by atoms with Gasteiger partial charge in [0.25, 0.3) is 0 Å². The Hall–Kier alpha value is -3.23. The zero-order chi connectivity index (χ0) is 18.8. The van der Waals surface area contributed by atoms with E-state index < -0.39 is 11.6 Å². The molecule has 0 aliphatic carbocycles. The van der Waals surface area contributed by atoms with E-state index in [4.69, 9.17) is 15.2 Å². The van der Waals surface area contributed by atoms with Gasteiger partial charge in [-0.3, -0.25) is 0 Å². The minimum atomic E-state index is -0.878. The molecule has 0 unspecified atom stereocenters. The van der Waals surface area contributed by atoms with Gasteiger partial charge < -0.3 is 20.5 Å². The molecule has 9 heteroatoms. The lowest BCUT2D eigenvalue weighted by Crippen LogP contribution is -2.06. The standard InChI is InChI=1S/C17H17F2N5O2/c1-4-21-16-15-8(7-22-17(20)24-15)5-9(23-16)12-13(18)10(25-2)6-11(26-3)14(12)19/h5-7H,4H2,1-3H3,(H,21,23)(H2,20,22,24). The van der Waals surface area contributed by atoms with Crippen LogP contribution in [-0.2, 0) is 0 Å². The molecule has 0 amide bonds. The molecule has 7 nitrogen and oxygen atoms in total. The summed E-state index contributed by atoms with van der Waals surface area (Å²) < 4.78 is 39.5. The molecular formula is C17H17F2N5O2. The molecule has 3 rings (SSSR count). The van der Waals surface area contributed by atoms with Crippen LogP contribution < -0.4 is 20.5 Å². The van der Waals surface area contributed by atoms with Crippen LogP contribution in [0.2, 0.25) is 0 Å². The molecule has 0 aliphatic rings. The van der Waals surface area contributed by atoms with E-state index in [2.05, 4.69) is 20.3 Å². The van der Waals surface area contributed by atoms with Crippen molar-refractivity contribution < 1.29 is 18.3 Å². The van der Waals surface area contributed by atoms with Crippen molar-refractivity contribution >= 4 is 22.7 Å². The van der Waals surface area contributed by atoms with Gasteiger partial charge in [-0.2, -0.15) is 0 Å². The van der Waals surface area contributed by atoms with Crippen molar-refractivity contribution in [1.82, 2.24) is 15.0 Å². The van der Waals surface area contributed by atoms with Gasteiger partial charge in [-0.1, -0.05) is 0 Å². The molecule has 0 atom stereocenters. The summed E-state index contributed by atoms with van der Waals surface area (Å²) in [5.74, 6) is -1.65. The number of nitrogen functional groups attached to an aromatic ring is 1. The summed E-state index contributed by atoms with van der Waals surface area (Å²) in [4.78, 5) is 12.4. The van der Waals surface area contributed by atoms with Crippen molar-refractivity contribution in [2.24, 2.45) is 0 Å². The van der Waals surface area contributed by atoms with Crippen molar-refractivity contribution in [3.8, 4) is 22.8 Å². The van der Waals surface area contributed by atoms with Crippen molar-refractivity contribution in [2.45, 2.75) is 6.92 Å². The van der Waals surface area contributed by atoms with E-state index in [1.807, 2.05) is 6.92 Å². The molecular weight excluding hydrogens is 344 g/mol. The number of nitrogens with one attached hydrogen (secondary N) is 1. The van der Waals surface area contributed by atoms with Gasteiger partial charge in [0.15, 0.2) is 29.0 Å². The summed E-state index contributed by atoms with van der Waals surface area (Å²) in [6.07, 6.45) is 1.47. The lowest BCUT2D eigenvalue weighted by molar-refractivity contribution is 0.359. The maximum atomic E-state index is 14.8. The quantitative estimate of drug-likeness (QED) is 0.721. The van der Waals surface area contributed by atoms with Gasteiger partial charge in [0.05, 0.1) is 25.5 Å². The van der Waals surface area contributed by atoms with Gasteiger partial charge in [0, 0.05) is 24.2 Å². The maximum Gasteiger partial charge on any atom is 0.220 e. The van der Waals surface area contributed by atoms with E-state index >= 15 is 0 Å². The number of hydrogen-bond acceptors (Lipinski definition) is 7. The van der Waals surface area contributed by atoms with Crippen molar-refractivity contribution in [2.75, 3.05) is 31.8 Å². The second kappa shape index (κ2) is 6.95. The predicted molar refractivity (Wildman–Crippen MR) is 94.4 cm³/mol. The molecule has 136 valence electrons. The molecule has 0 spiro atoms. The van der Waals surface area contributed by atoms with Crippen LogP contribution in [0.4, 0.5) is 20.5 Å². The summed E-state index contributed by atoms with van der Waals surface area (Å²) in [6.45, 7) is 2.39. The number of ether oxygens (including phenoxy) is 2. The largest absolute Gasteiger partial charge is 0.494 e. The average Bonchev–Trinajstić information content (AvgIpc) is 2.63. The number of nitrogens with zero attached hydrogens (tertiary/aromatic N) is 3. The Morgan fingerprint density at radius 1 is 1.08 bits per heavy atom. The molecule has 0 aliphatic heterocycles. The second-order valence-corrected chi connectivity index (χ2v) is 5.34. The molecule has 2 aromatic heterocycles. The third-order valence-corrected chi connectivity index (χ3v) is 3.76. The lowest BCUT2D eigenvalue weighted by atomic mass is 10.1. The van der Waals surface area contributed by atoms with Crippen LogP contribution in [0, 0.1) is 11.6 Å². The summed E-state index contributed by atoms with van der Waals surface area (Å²) in [5.41, 5.74) is 5.78. The Bertz CT molecular complexity index is 953. The molecule has 3 aromatic rings. The number of aromatic nitrogens is 3. The van der Waals surface area contributed by atoms with Gasteiger partial charge in [-0.05, 0) is 13.0 Å². The third kappa shape index (κ3) is 2.92. The third-order valence-electron chi connectivity index (χ3n) is 3.76. The van der Waals surface area contributed by atoms with E-state index in [0.29, 0.717) is 23.3 Å². The summed E-state index contributed by atoms with van der Waals surface area (Å²) in [5, 5.41) is 3.55. The Kier molecular flexibility index (Phi) is 4.70. The highest BCUT2D eigenvalue weighted by Crippen LogP contribution is 2.38. The topological polar surface area (TPSA) is 95.2 Å². The number of anilines is 2.